The number of hydrogen-bond acceptors (Lipinski definition) is 4. The molecule has 0 N–H and O–H groups in total. The van der Waals surface area contributed by atoms with Gasteiger partial charge in [-0.25, -0.2) is 4.39 Å². The summed E-state index contributed by atoms with van der Waals surface area (Å²) in [6.07, 6.45) is 4.20. The summed E-state index contributed by atoms with van der Waals surface area (Å²) in [5.41, 5.74) is 2.37. The Morgan fingerprint density at radius 1 is 0.941 bits per heavy atom. The summed E-state index contributed by atoms with van der Waals surface area (Å²) in [5.74, 6) is 1.36. The number of benzene rings is 3. The van der Waals surface area contributed by atoms with E-state index in [1.165, 1.54) is 12.1 Å². The standard InChI is InChI=1S/C28H30FNO4/c1-32-26-12-6-11-25(27(26)33-2)28(31)30(23-8-3-4-9-23)18-21-7-5-10-24(17-21)34-19-20-13-15-22(29)16-14-20/h5-7,10-17,23H,3-4,8-9,18-19H2,1-2H3. The van der Waals surface area contributed by atoms with Crippen molar-refractivity contribution in [3.8, 4) is 17.2 Å². The van der Waals surface area contributed by atoms with Crippen LogP contribution in [0.4, 0.5) is 4.39 Å². The fraction of sp³-hybridized carbons (Fsp3) is 0.321. The van der Waals surface area contributed by atoms with E-state index in [2.05, 4.69) is 0 Å². The fourth-order valence-corrected chi connectivity index (χ4v) is 4.47. The van der Waals surface area contributed by atoms with E-state index in [1.807, 2.05) is 35.2 Å². The van der Waals surface area contributed by atoms with E-state index in [1.54, 1.807) is 38.5 Å². The Morgan fingerprint density at radius 2 is 1.68 bits per heavy atom. The molecule has 4 rings (SSSR count). The molecule has 0 radical (unpaired) electrons. The predicted octanol–water partition coefficient (Wildman–Crippen LogP) is 6.01. The van der Waals surface area contributed by atoms with Crippen LogP contribution in [-0.4, -0.2) is 31.1 Å². The van der Waals surface area contributed by atoms with E-state index in [9.17, 15) is 9.18 Å². The molecule has 1 amide bonds. The first-order valence-electron chi connectivity index (χ1n) is 11.6. The SMILES string of the molecule is COc1cccc(C(=O)N(Cc2cccc(OCc3ccc(F)cc3)c2)C2CCCC2)c1OC. The van der Waals surface area contributed by atoms with Crippen LogP contribution in [0.2, 0.25) is 0 Å². The fourth-order valence-electron chi connectivity index (χ4n) is 4.47. The van der Waals surface area contributed by atoms with Gasteiger partial charge in [-0.2, -0.15) is 0 Å². The normalized spacial score (nSPS) is 13.5. The third-order valence-corrected chi connectivity index (χ3v) is 6.23. The number of carbonyl (C=O) groups excluding carboxylic acids is 1. The minimum Gasteiger partial charge on any atom is -0.493 e. The molecule has 1 fully saturated rings. The van der Waals surface area contributed by atoms with E-state index in [0.717, 1.165) is 36.8 Å². The molecule has 0 aromatic heterocycles. The molecule has 1 aliphatic rings. The van der Waals surface area contributed by atoms with Crippen LogP contribution in [0.1, 0.15) is 47.2 Å². The third-order valence-electron chi connectivity index (χ3n) is 6.23. The summed E-state index contributed by atoms with van der Waals surface area (Å²) >= 11 is 0. The van der Waals surface area contributed by atoms with Gasteiger partial charge in [0.15, 0.2) is 11.5 Å². The first-order valence-corrected chi connectivity index (χ1v) is 11.6. The van der Waals surface area contributed by atoms with Gasteiger partial charge in [0.2, 0.25) is 0 Å². The van der Waals surface area contributed by atoms with Crippen molar-refractivity contribution in [2.24, 2.45) is 0 Å². The number of ether oxygens (including phenoxy) is 3. The van der Waals surface area contributed by atoms with Crippen LogP contribution in [0.3, 0.4) is 0 Å². The van der Waals surface area contributed by atoms with Crippen molar-refractivity contribution in [2.45, 2.75) is 44.9 Å². The van der Waals surface area contributed by atoms with Gasteiger partial charge in [0, 0.05) is 12.6 Å². The molecule has 0 atom stereocenters. The molecular weight excluding hydrogens is 433 g/mol. The van der Waals surface area contributed by atoms with Crippen LogP contribution < -0.4 is 14.2 Å². The maximum Gasteiger partial charge on any atom is 0.258 e. The van der Waals surface area contributed by atoms with Crippen molar-refractivity contribution < 1.29 is 23.4 Å². The van der Waals surface area contributed by atoms with Crippen molar-refractivity contribution >= 4 is 5.91 Å². The molecule has 0 spiro atoms. The van der Waals surface area contributed by atoms with Crippen molar-refractivity contribution in [1.82, 2.24) is 4.90 Å². The second kappa shape index (κ2) is 11.1. The highest BCUT2D eigenvalue weighted by Gasteiger charge is 2.30. The van der Waals surface area contributed by atoms with Gasteiger partial charge in [-0.1, -0.05) is 43.2 Å². The summed E-state index contributed by atoms with van der Waals surface area (Å²) in [5, 5.41) is 0. The molecule has 5 nitrogen and oxygen atoms in total. The Bertz CT molecular complexity index is 1110. The van der Waals surface area contributed by atoms with Crippen molar-refractivity contribution in [2.75, 3.05) is 14.2 Å². The van der Waals surface area contributed by atoms with Crippen LogP contribution in [0.5, 0.6) is 17.2 Å². The van der Waals surface area contributed by atoms with Crippen molar-refractivity contribution in [3.05, 3.63) is 89.2 Å². The molecule has 6 heteroatoms. The molecule has 0 heterocycles. The zero-order valence-corrected chi connectivity index (χ0v) is 19.6. The van der Waals surface area contributed by atoms with Gasteiger partial charge in [0.1, 0.15) is 18.2 Å². The number of nitrogens with zero attached hydrogens (tertiary/aromatic N) is 1. The summed E-state index contributed by atoms with van der Waals surface area (Å²) in [4.78, 5) is 15.7. The average molecular weight is 464 g/mol. The van der Waals surface area contributed by atoms with Gasteiger partial charge in [0.05, 0.1) is 19.8 Å². The summed E-state index contributed by atoms with van der Waals surface area (Å²) in [6, 6.07) is 19.6. The highest BCUT2D eigenvalue weighted by Crippen LogP contribution is 2.34. The number of halogens is 1. The first kappa shape index (κ1) is 23.6. The molecule has 3 aromatic carbocycles. The van der Waals surface area contributed by atoms with Crippen LogP contribution in [0.15, 0.2) is 66.7 Å². The maximum absolute atomic E-state index is 13.7. The van der Waals surface area contributed by atoms with E-state index in [-0.39, 0.29) is 17.8 Å². The molecule has 178 valence electrons. The van der Waals surface area contributed by atoms with Crippen LogP contribution in [-0.2, 0) is 13.2 Å². The number of hydrogen-bond donors (Lipinski definition) is 0. The molecule has 1 saturated carbocycles. The zero-order chi connectivity index (χ0) is 23.9. The lowest BCUT2D eigenvalue weighted by molar-refractivity contribution is 0.0660. The van der Waals surface area contributed by atoms with Gasteiger partial charge in [-0.3, -0.25) is 4.79 Å². The quantitative estimate of drug-likeness (QED) is 0.390. The number of methoxy groups -OCH3 is 2. The second-order valence-corrected chi connectivity index (χ2v) is 8.47. The van der Waals surface area contributed by atoms with E-state index in [0.29, 0.717) is 36.0 Å². The van der Waals surface area contributed by atoms with E-state index >= 15 is 0 Å². The maximum atomic E-state index is 13.7. The molecule has 34 heavy (non-hydrogen) atoms. The van der Waals surface area contributed by atoms with Gasteiger partial charge in [0.25, 0.3) is 5.91 Å². The Balaban J connectivity index is 1.54. The molecule has 0 saturated heterocycles. The lowest BCUT2D eigenvalue weighted by atomic mass is 10.1. The molecule has 0 aliphatic heterocycles. The second-order valence-electron chi connectivity index (χ2n) is 8.47. The Morgan fingerprint density at radius 3 is 2.38 bits per heavy atom. The number of para-hydroxylation sites is 1. The van der Waals surface area contributed by atoms with Crippen LogP contribution in [0, 0.1) is 5.82 Å². The predicted molar refractivity (Wildman–Crippen MR) is 129 cm³/mol. The van der Waals surface area contributed by atoms with Gasteiger partial charge in [-0.15, -0.1) is 0 Å². The number of rotatable bonds is 9. The summed E-state index contributed by atoms with van der Waals surface area (Å²) in [6.45, 7) is 0.813. The number of carbonyl (C=O) groups is 1. The summed E-state index contributed by atoms with van der Waals surface area (Å²) < 4.78 is 30.0. The highest BCUT2D eigenvalue weighted by molar-refractivity contribution is 5.98. The van der Waals surface area contributed by atoms with Gasteiger partial charge >= 0.3 is 0 Å². The largest absolute Gasteiger partial charge is 0.493 e. The summed E-state index contributed by atoms with van der Waals surface area (Å²) in [7, 11) is 3.12. The lowest BCUT2D eigenvalue weighted by Gasteiger charge is -2.30. The Hall–Kier alpha value is -3.54. The van der Waals surface area contributed by atoms with Crippen molar-refractivity contribution in [3.63, 3.8) is 0 Å². The molecule has 1 aliphatic carbocycles. The van der Waals surface area contributed by atoms with Crippen LogP contribution >= 0.6 is 0 Å². The third kappa shape index (κ3) is 5.50. The Labute approximate surface area is 200 Å². The Kier molecular flexibility index (Phi) is 7.68. The van der Waals surface area contributed by atoms with E-state index in [4.69, 9.17) is 14.2 Å². The topological polar surface area (TPSA) is 48.0 Å². The minimum atomic E-state index is -0.268. The average Bonchev–Trinajstić information content (AvgIpc) is 3.41. The molecule has 0 bridgehead atoms. The molecule has 0 unspecified atom stereocenters. The highest BCUT2D eigenvalue weighted by atomic mass is 19.1. The van der Waals surface area contributed by atoms with Crippen LogP contribution in [0.25, 0.3) is 0 Å². The minimum absolute atomic E-state index is 0.0692. The monoisotopic (exact) mass is 463 g/mol. The smallest absolute Gasteiger partial charge is 0.258 e. The van der Waals surface area contributed by atoms with Gasteiger partial charge < -0.3 is 19.1 Å². The zero-order valence-electron chi connectivity index (χ0n) is 19.6. The first-order chi connectivity index (χ1) is 16.6. The van der Waals surface area contributed by atoms with Gasteiger partial charge in [-0.05, 0) is 60.4 Å². The lowest BCUT2D eigenvalue weighted by Crippen LogP contribution is -2.38. The molecular formula is C28H30FNO4. The van der Waals surface area contributed by atoms with Crippen molar-refractivity contribution in [1.29, 1.82) is 0 Å². The number of amides is 1. The molecule has 3 aromatic rings. The van der Waals surface area contributed by atoms with E-state index < -0.39 is 0 Å².